The van der Waals surface area contributed by atoms with Crippen LogP contribution in [-0.2, 0) is 0 Å². The summed E-state index contributed by atoms with van der Waals surface area (Å²) in [5.41, 5.74) is 7.42. The van der Waals surface area contributed by atoms with E-state index in [0.717, 1.165) is 50.2 Å². The van der Waals surface area contributed by atoms with E-state index in [4.69, 9.17) is 10.5 Å². The number of anilines is 2. The molecule has 112 valence electrons. The number of hydrogen-bond acceptors (Lipinski definition) is 4. The van der Waals surface area contributed by atoms with E-state index in [1.165, 1.54) is 0 Å². The monoisotopic (exact) mass is 278 g/mol. The molecule has 2 rings (SSSR count). The van der Waals surface area contributed by atoms with Gasteiger partial charge in [0.1, 0.15) is 5.75 Å². The highest BCUT2D eigenvalue weighted by atomic mass is 16.5. The maximum Gasteiger partial charge on any atom is 0.144 e. The molecular weight excluding hydrogens is 252 g/mol. The van der Waals surface area contributed by atoms with Crippen molar-refractivity contribution in [3.05, 3.63) is 18.2 Å². The van der Waals surface area contributed by atoms with Gasteiger partial charge >= 0.3 is 0 Å². The zero-order chi connectivity index (χ0) is 14.6. The minimum absolute atomic E-state index is 0.556. The van der Waals surface area contributed by atoms with Crippen LogP contribution in [0.2, 0.25) is 0 Å². The molecule has 1 aliphatic rings. The second-order valence-electron chi connectivity index (χ2n) is 5.87. The molecule has 20 heavy (non-hydrogen) atoms. The maximum atomic E-state index is 10.2. The van der Waals surface area contributed by atoms with Crippen LogP contribution < -0.4 is 15.4 Å². The lowest BCUT2D eigenvalue weighted by Crippen LogP contribution is -2.28. The highest BCUT2D eigenvalue weighted by Gasteiger charge is 2.26. The molecule has 1 heterocycles. The van der Waals surface area contributed by atoms with Crippen molar-refractivity contribution in [2.24, 2.45) is 0 Å². The quantitative estimate of drug-likeness (QED) is 0.832. The number of para-hydroxylation sites is 1. The topological polar surface area (TPSA) is 58.7 Å². The van der Waals surface area contributed by atoms with Crippen molar-refractivity contribution in [1.29, 1.82) is 0 Å². The van der Waals surface area contributed by atoms with Gasteiger partial charge in [-0.3, -0.25) is 0 Å². The summed E-state index contributed by atoms with van der Waals surface area (Å²) in [6.45, 7) is 6.44. The van der Waals surface area contributed by atoms with Crippen LogP contribution in [0, 0.1) is 0 Å². The van der Waals surface area contributed by atoms with Crippen LogP contribution in [0.5, 0.6) is 5.75 Å². The number of nitrogen functional groups attached to an aromatic ring is 1. The Bertz CT molecular complexity index is 446. The van der Waals surface area contributed by atoms with Crippen LogP contribution in [-0.4, -0.2) is 30.4 Å². The molecule has 4 nitrogen and oxygen atoms in total. The van der Waals surface area contributed by atoms with Gasteiger partial charge in [0.05, 0.1) is 23.6 Å². The van der Waals surface area contributed by atoms with E-state index in [9.17, 15) is 5.11 Å². The zero-order valence-electron chi connectivity index (χ0n) is 12.6. The van der Waals surface area contributed by atoms with Crippen molar-refractivity contribution in [3.8, 4) is 5.75 Å². The molecule has 1 aromatic rings. The van der Waals surface area contributed by atoms with Crippen LogP contribution in [0.4, 0.5) is 11.4 Å². The zero-order valence-corrected chi connectivity index (χ0v) is 12.6. The minimum atomic E-state index is -0.556. The molecule has 1 saturated heterocycles. The maximum absolute atomic E-state index is 10.2. The Morgan fingerprint density at radius 1 is 1.35 bits per heavy atom. The van der Waals surface area contributed by atoms with E-state index >= 15 is 0 Å². The van der Waals surface area contributed by atoms with Crippen LogP contribution >= 0.6 is 0 Å². The smallest absolute Gasteiger partial charge is 0.144 e. The van der Waals surface area contributed by atoms with Crippen molar-refractivity contribution < 1.29 is 9.84 Å². The molecule has 0 aromatic heterocycles. The van der Waals surface area contributed by atoms with Crippen LogP contribution in [0.25, 0.3) is 0 Å². The number of ether oxygens (including phenoxy) is 1. The summed E-state index contributed by atoms with van der Waals surface area (Å²) in [4.78, 5) is 2.26. The number of hydrogen-bond donors (Lipinski definition) is 2. The first-order chi connectivity index (χ1) is 9.53. The summed E-state index contributed by atoms with van der Waals surface area (Å²) in [6.07, 6.45) is 3.56. The fraction of sp³-hybridized carbons (Fsp3) is 0.625. The second-order valence-corrected chi connectivity index (χ2v) is 5.87. The van der Waals surface area contributed by atoms with Gasteiger partial charge in [-0.1, -0.05) is 13.0 Å². The Kier molecular flexibility index (Phi) is 4.76. The largest absolute Gasteiger partial charge is 0.491 e. The average molecular weight is 278 g/mol. The van der Waals surface area contributed by atoms with Gasteiger partial charge in [-0.15, -0.1) is 0 Å². The van der Waals surface area contributed by atoms with E-state index < -0.39 is 5.60 Å². The molecule has 0 spiro atoms. The molecule has 1 aromatic carbocycles. The van der Waals surface area contributed by atoms with Crippen molar-refractivity contribution in [2.75, 3.05) is 30.3 Å². The normalized spacial score (nSPS) is 23.4. The van der Waals surface area contributed by atoms with Gasteiger partial charge in [-0.25, -0.2) is 0 Å². The molecule has 0 bridgehead atoms. The summed E-state index contributed by atoms with van der Waals surface area (Å²) in [6, 6.07) is 5.94. The lowest BCUT2D eigenvalue weighted by atomic mass is 9.98. The SMILES string of the molecule is CCCOc1cccc(N2CCCC(C)(O)CC2)c1N. The molecule has 3 N–H and O–H groups in total. The number of nitrogens with two attached hydrogens (primary N) is 1. The Morgan fingerprint density at radius 3 is 2.90 bits per heavy atom. The standard InChI is InChI=1S/C16H26N2O2/c1-3-12-20-14-7-4-6-13(15(14)17)18-10-5-8-16(2,19)9-11-18/h4,6-7,19H,3,5,8-12,17H2,1-2H3. The first-order valence-electron chi connectivity index (χ1n) is 7.52. The molecule has 0 radical (unpaired) electrons. The number of aliphatic hydroxyl groups is 1. The number of rotatable bonds is 4. The molecule has 4 heteroatoms. The van der Waals surface area contributed by atoms with Gasteiger partial charge in [0.2, 0.25) is 0 Å². The summed E-state index contributed by atoms with van der Waals surface area (Å²) >= 11 is 0. The third kappa shape index (κ3) is 3.57. The van der Waals surface area contributed by atoms with Crippen LogP contribution in [0.15, 0.2) is 18.2 Å². The third-order valence-corrected chi connectivity index (χ3v) is 3.91. The van der Waals surface area contributed by atoms with Crippen LogP contribution in [0.3, 0.4) is 0 Å². The first-order valence-corrected chi connectivity index (χ1v) is 7.52. The van der Waals surface area contributed by atoms with E-state index in [-0.39, 0.29) is 0 Å². The molecule has 1 aliphatic heterocycles. The van der Waals surface area contributed by atoms with Gasteiger partial charge < -0.3 is 20.5 Å². The molecular formula is C16H26N2O2. The Balaban J connectivity index is 2.15. The fourth-order valence-electron chi connectivity index (χ4n) is 2.65. The van der Waals surface area contributed by atoms with Crippen molar-refractivity contribution in [3.63, 3.8) is 0 Å². The Hall–Kier alpha value is -1.42. The van der Waals surface area contributed by atoms with Crippen LogP contribution in [0.1, 0.15) is 39.5 Å². The number of nitrogens with zero attached hydrogens (tertiary/aromatic N) is 1. The number of benzene rings is 1. The molecule has 1 atom stereocenters. The van der Waals surface area contributed by atoms with Crippen molar-refractivity contribution in [1.82, 2.24) is 0 Å². The fourth-order valence-corrected chi connectivity index (χ4v) is 2.65. The molecule has 0 aliphatic carbocycles. The van der Waals surface area contributed by atoms with Gasteiger partial charge in [0.15, 0.2) is 0 Å². The third-order valence-electron chi connectivity index (χ3n) is 3.91. The first kappa shape index (κ1) is 15.0. The van der Waals surface area contributed by atoms with E-state index in [1.54, 1.807) is 0 Å². The lowest BCUT2D eigenvalue weighted by Gasteiger charge is -2.26. The molecule has 0 saturated carbocycles. The molecule has 0 amide bonds. The molecule has 1 fully saturated rings. The van der Waals surface area contributed by atoms with Gasteiger partial charge in [0, 0.05) is 13.1 Å². The Morgan fingerprint density at radius 2 is 2.15 bits per heavy atom. The lowest BCUT2D eigenvalue weighted by molar-refractivity contribution is 0.0481. The molecule has 1 unspecified atom stereocenters. The van der Waals surface area contributed by atoms with E-state index in [1.807, 2.05) is 25.1 Å². The highest BCUT2D eigenvalue weighted by molar-refractivity contribution is 5.74. The van der Waals surface area contributed by atoms with Gasteiger partial charge in [-0.05, 0) is 44.7 Å². The second kappa shape index (κ2) is 6.35. The summed E-state index contributed by atoms with van der Waals surface area (Å²) in [7, 11) is 0. The van der Waals surface area contributed by atoms with Gasteiger partial charge in [-0.2, -0.15) is 0 Å². The van der Waals surface area contributed by atoms with Crippen molar-refractivity contribution >= 4 is 11.4 Å². The predicted molar refractivity (Wildman–Crippen MR) is 83.3 cm³/mol. The van der Waals surface area contributed by atoms with E-state index in [2.05, 4.69) is 11.8 Å². The van der Waals surface area contributed by atoms with Crippen molar-refractivity contribution in [2.45, 2.75) is 45.1 Å². The summed E-state index contributed by atoms with van der Waals surface area (Å²) in [5.74, 6) is 0.764. The minimum Gasteiger partial charge on any atom is -0.491 e. The summed E-state index contributed by atoms with van der Waals surface area (Å²) < 4.78 is 5.69. The Labute approximate surface area is 121 Å². The summed E-state index contributed by atoms with van der Waals surface area (Å²) in [5, 5.41) is 10.2. The highest BCUT2D eigenvalue weighted by Crippen LogP contribution is 2.34. The average Bonchev–Trinajstić information content (AvgIpc) is 2.59. The predicted octanol–water partition coefficient (Wildman–Crippen LogP) is 2.80. The van der Waals surface area contributed by atoms with E-state index in [0.29, 0.717) is 12.3 Å². The van der Waals surface area contributed by atoms with Gasteiger partial charge in [0.25, 0.3) is 0 Å².